The molecule has 1 rings (SSSR count). The zero-order valence-electron chi connectivity index (χ0n) is 9.79. The molecule has 0 aromatic heterocycles. The normalized spacial score (nSPS) is 11.5. The first-order valence-corrected chi connectivity index (χ1v) is 5.23. The van der Waals surface area contributed by atoms with Crippen LogP contribution in [0.3, 0.4) is 0 Å². The summed E-state index contributed by atoms with van der Waals surface area (Å²) in [6, 6.07) is 5.91. The van der Waals surface area contributed by atoms with Crippen LogP contribution in [0.5, 0.6) is 0 Å². The molecule has 1 N–H and O–H groups in total. The first-order valence-electron chi connectivity index (χ1n) is 5.23. The maximum atomic E-state index is 11.1. The number of aliphatic carboxylic acids is 1. The third kappa shape index (κ3) is 2.20. The van der Waals surface area contributed by atoms with Crippen molar-refractivity contribution in [3.8, 4) is 0 Å². The van der Waals surface area contributed by atoms with E-state index in [0.29, 0.717) is 0 Å². The lowest BCUT2D eigenvalue weighted by Crippen LogP contribution is -2.28. The zero-order chi connectivity index (χ0) is 11.6. The monoisotopic (exact) mass is 206 g/mol. The van der Waals surface area contributed by atoms with Gasteiger partial charge in [-0.15, -0.1) is 0 Å². The molecule has 0 atom stereocenters. The van der Waals surface area contributed by atoms with E-state index < -0.39 is 11.4 Å². The molecule has 0 saturated heterocycles. The fourth-order valence-electron chi connectivity index (χ4n) is 1.56. The van der Waals surface area contributed by atoms with Gasteiger partial charge in [-0.05, 0) is 43.9 Å². The molecule has 0 radical (unpaired) electrons. The van der Waals surface area contributed by atoms with Crippen molar-refractivity contribution in [3.05, 3.63) is 34.9 Å². The second-order valence-corrected chi connectivity index (χ2v) is 4.42. The van der Waals surface area contributed by atoms with E-state index in [2.05, 4.69) is 13.8 Å². The van der Waals surface area contributed by atoms with Gasteiger partial charge in [0, 0.05) is 0 Å². The van der Waals surface area contributed by atoms with E-state index in [0.717, 1.165) is 12.0 Å². The highest BCUT2D eigenvalue weighted by Gasteiger charge is 2.29. The van der Waals surface area contributed by atoms with Gasteiger partial charge < -0.3 is 5.11 Å². The van der Waals surface area contributed by atoms with Gasteiger partial charge in [-0.25, -0.2) is 0 Å². The Balaban J connectivity index is 3.22. The van der Waals surface area contributed by atoms with Crippen molar-refractivity contribution in [2.24, 2.45) is 0 Å². The molecule has 0 aliphatic heterocycles. The number of hydrogen-bond donors (Lipinski definition) is 1. The lowest BCUT2D eigenvalue weighted by atomic mass is 9.83. The lowest BCUT2D eigenvalue weighted by molar-refractivity contribution is -0.142. The molecule has 1 aromatic carbocycles. The molecule has 0 bridgehead atoms. The quantitative estimate of drug-likeness (QED) is 0.825. The Morgan fingerprint density at radius 3 is 2.47 bits per heavy atom. The Hall–Kier alpha value is -1.31. The van der Waals surface area contributed by atoms with E-state index in [1.165, 1.54) is 11.1 Å². The Kier molecular flexibility index (Phi) is 3.18. The van der Waals surface area contributed by atoms with Crippen molar-refractivity contribution in [2.45, 2.75) is 39.5 Å². The van der Waals surface area contributed by atoms with Crippen molar-refractivity contribution in [1.82, 2.24) is 0 Å². The first kappa shape index (κ1) is 11.8. The number of hydrogen-bond acceptors (Lipinski definition) is 1. The second kappa shape index (κ2) is 4.05. The lowest BCUT2D eigenvalue weighted by Gasteiger charge is -2.21. The maximum Gasteiger partial charge on any atom is 0.313 e. The Morgan fingerprint density at radius 2 is 2.00 bits per heavy atom. The van der Waals surface area contributed by atoms with Gasteiger partial charge >= 0.3 is 5.97 Å². The summed E-state index contributed by atoms with van der Waals surface area (Å²) in [6.07, 6.45) is 0.940. The Bertz CT molecular complexity index is 378. The van der Waals surface area contributed by atoms with Crippen LogP contribution in [-0.4, -0.2) is 11.1 Å². The zero-order valence-corrected chi connectivity index (χ0v) is 9.79. The largest absolute Gasteiger partial charge is 0.481 e. The highest BCUT2D eigenvalue weighted by atomic mass is 16.4. The van der Waals surface area contributed by atoms with Gasteiger partial charge in [0.15, 0.2) is 0 Å². The third-order valence-electron chi connectivity index (χ3n) is 2.99. The molecule has 0 spiro atoms. The number of carbonyl (C=O) groups is 1. The first-order chi connectivity index (χ1) is 6.89. The number of carboxylic acids is 1. The molecular formula is C13H18O2. The minimum Gasteiger partial charge on any atom is -0.481 e. The third-order valence-corrected chi connectivity index (χ3v) is 2.99. The molecule has 0 heterocycles. The van der Waals surface area contributed by atoms with Crippen molar-refractivity contribution in [3.63, 3.8) is 0 Å². The van der Waals surface area contributed by atoms with Crippen molar-refractivity contribution in [1.29, 1.82) is 0 Å². The summed E-state index contributed by atoms with van der Waals surface area (Å²) in [7, 11) is 0. The van der Waals surface area contributed by atoms with Gasteiger partial charge in [-0.2, -0.15) is 0 Å². The summed E-state index contributed by atoms with van der Waals surface area (Å²) in [5.74, 6) is -0.784. The summed E-state index contributed by atoms with van der Waals surface area (Å²) in [6.45, 7) is 7.61. The average Bonchev–Trinajstić information content (AvgIpc) is 2.18. The fraction of sp³-hybridized carbons (Fsp3) is 0.462. The molecule has 0 aliphatic rings. The minimum atomic E-state index is -0.808. The number of aryl methyl sites for hydroxylation is 2. The van der Waals surface area contributed by atoms with E-state index in [9.17, 15) is 4.79 Å². The van der Waals surface area contributed by atoms with Crippen LogP contribution in [0, 0.1) is 6.92 Å². The van der Waals surface area contributed by atoms with Gasteiger partial charge in [-0.1, -0.05) is 25.1 Å². The molecule has 2 nitrogen and oxygen atoms in total. The van der Waals surface area contributed by atoms with Crippen LogP contribution >= 0.6 is 0 Å². The molecule has 0 fully saturated rings. The topological polar surface area (TPSA) is 37.3 Å². The summed E-state index contributed by atoms with van der Waals surface area (Å²) in [4.78, 5) is 11.1. The van der Waals surface area contributed by atoms with Crippen LogP contribution < -0.4 is 0 Å². The van der Waals surface area contributed by atoms with Gasteiger partial charge in [0.1, 0.15) is 0 Å². The van der Waals surface area contributed by atoms with Gasteiger partial charge in [0.25, 0.3) is 0 Å². The SMILES string of the molecule is CCc1cc(C(C)(C)C(=O)O)ccc1C. The maximum absolute atomic E-state index is 11.1. The molecule has 2 heteroatoms. The molecule has 82 valence electrons. The standard InChI is InChI=1S/C13H18O2/c1-5-10-8-11(7-6-9(10)2)13(3,4)12(14)15/h6-8H,5H2,1-4H3,(H,14,15). The second-order valence-electron chi connectivity index (χ2n) is 4.42. The molecule has 1 aromatic rings. The van der Waals surface area contributed by atoms with Crippen molar-refractivity contribution < 1.29 is 9.90 Å². The van der Waals surface area contributed by atoms with Crippen LogP contribution in [0.1, 0.15) is 37.5 Å². The average molecular weight is 206 g/mol. The predicted octanol–water partition coefficient (Wildman–Crippen LogP) is 2.92. The van der Waals surface area contributed by atoms with E-state index in [4.69, 9.17) is 5.11 Å². The number of rotatable bonds is 3. The van der Waals surface area contributed by atoms with Crippen molar-refractivity contribution in [2.75, 3.05) is 0 Å². The van der Waals surface area contributed by atoms with E-state index in [1.54, 1.807) is 13.8 Å². The van der Waals surface area contributed by atoms with Crippen LogP contribution in [0.15, 0.2) is 18.2 Å². The molecule has 0 amide bonds. The van der Waals surface area contributed by atoms with E-state index in [1.807, 2.05) is 18.2 Å². The van der Waals surface area contributed by atoms with Crippen LogP contribution in [0.4, 0.5) is 0 Å². The van der Waals surface area contributed by atoms with E-state index in [-0.39, 0.29) is 0 Å². The van der Waals surface area contributed by atoms with E-state index >= 15 is 0 Å². The minimum absolute atomic E-state index is 0.784. The van der Waals surface area contributed by atoms with Crippen LogP contribution in [-0.2, 0) is 16.6 Å². The number of carboxylic acid groups (broad SMARTS) is 1. The smallest absolute Gasteiger partial charge is 0.313 e. The van der Waals surface area contributed by atoms with Crippen LogP contribution in [0.25, 0.3) is 0 Å². The van der Waals surface area contributed by atoms with Gasteiger partial charge in [0.05, 0.1) is 5.41 Å². The van der Waals surface area contributed by atoms with Gasteiger partial charge in [0.2, 0.25) is 0 Å². The van der Waals surface area contributed by atoms with Crippen molar-refractivity contribution >= 4 is 5.97 Å². The Labute approximate surface area is 90.9 Å². The fourth-order valence-corrected chi connectivity index (χ4v) is 1.56. The molecule has 0 aliphatic carbocycles. The predicted molar refractivity (Wildman–Crippen MR) is 61.2 cm³/mol. The Morgan fingerprint density at radius 1 is 1.40 bits per heavy atom. The molecule has 0 saturated carbocycles. The summed E-state index contributed by atoms with van der Waals surface area (Å²) in [5.41, 5.74) is 2.51. The molecule has 0 unspecified atom stereocenters. The summed E-state index contributed by atoms with van der Waals surface area (Å²) in [5, 5.41) is 9.13. The van der Waals surface area contributed by atoms with Gasteiger partial charge in [-0.3, -0.25) is 4.79 Å². The summed E-state index contributed by atoms with van der Waals surface area (Å²) >= 11 is 0. The molecule has 15 heavy (non-hydrogen) atoms. The molecular weight excluding hydrogens is 188 g/mol. The number of benzene rings is 1. The van der Waals surface area contributed by atoms with Crippen LogP contribution in [0.2, 0.25) is 0 Å². The summed E-state index contributed by atoms with van der Waals surface area (Å²) < 4.78 is 0. The highest BCUT2D eigenvalue weighted by molar-refractivity contribution is 5.80. The highest BCUT2D eigenvalue weighted by Crippen LogP contribution is 2.25.